The molecule has 0 radical (unpaired) electrons. The van der Waals surface area contributed by atoms with Gasteiger partial charge in [0.2, 0.25) is 0 Å². The van der Waals surface area contributed by atoms with Crippen molar-refractivity contribution in [2.75, 3.05) is 0 Å². The smallest absolute Gasteiger partial charge is 0.312 e. The normalized spacial score (nSPS) is 10.5. The molecule has 0 aromatic rings. The fourth-order valence-corrected chi connectivity index (χ4v) is 0.667. The van der Waals surface area contributed by atoms with Crippen LogP contribution in [0.3, 0.4) is 0 Å². The van der Waals surface area contributed by atoms with Crippen LogP contribution >= 0.6 is 0 Å². The van der Waals surface area contributed by atoms with Gasteiger partial charge in [-0.15, -0.1) is 0 Å². The summed E-state index contributed by atoms with van der Waals surface area (Å²) >= 11 is 0. The van der Waals surface area contributed by atoms with E-state index < -0.39 is 10.4 Å². The summed E-state index contributed by atoms with van der Waals surface area (Å²) in [5, 5.41) is 3.31. The van der Waals surface area contributed by atoms with Crippen LogP contribution in [0.4, 0.5) is 0 Å². The molecule has 0 rings (SSSR count). The van der Waals surface area contributed by atoms with Gasteiger partial charge in [-0.1, -0.05) is 27.7 Å². The molecule has 0 aromatic carbocycles. The Hall–Kier alpha value is 0.518. The van der Waals surface area contributed by atoms with Crippen LogP contribution in [0.15, 0.2) is 0 Å². The number of nitrogens with one attached hydrogen (secondary N) is 1. The number of hydrogen-bond donors (Lipinski definition) is 3. The molecular weight excluding hydrogens is 377 g/mol. The topological polar surface area (TPSA) is 86.6 Å². The number of hydrogen-bond acceptors (Lipinski definition) is 3. The van der Waals surface area contributed by atoms with Gasteiger partial charge < -0.3 is 5.32 Å². The monoisotopic (exact) mass is 394 g/mol. The van der Waals surface area contributed by atoms with E-state index in [4.69, 9.17) is 17.5 Å². The van der Waals surface area contributed by atoms with E-state index in [1.807, 2.05) is 0 Å². The van der Waals surface area contributed by atoms with Crippen LogP contribution in [0.2, 0.25) is 0 Å². The Labute approximate surface area is 94.1 Å². The second-order valence-electron chi connectivity index (χ2n) is 2.92. The molecule has 0 aliphatic heterocycles. The van der Waals surface area contributed by atoms with Gasteiger partial charge in [-0.05, 0) is 0 Å². The summed E-state index contributed by atoms with van der Waals surface area (Å²) in [6.45, 7) is 8.61. The van der Waals surface area contributed by atoms with E-state index in [1.54, 1.807) is 0 Å². The van der Waals surface area contributed by atoms with Crippen molar-refractivity contribution in [3.05, 3.63) is 0 Å². The molecule has 0 aliphatic carbocycles. The molecule has 0 aliphatic rings. The van der Waals surface area contributed by atoms with Crippen molar-refractivity contribution in [1.82, 2.24) is 5.32 Å². The minimum Gasteiger partial charge on any atom is -0.312 e. The average Bonchev–Trinajstić information content (AvgIpc) is 1.52. The zero-order valence-electron chi connectivity index (χ0n) is 8.09. The fourth-order valence-electron chi connectivity index (χ4n) is 0.667. The molecule has 0 aromatic heterocycles. The van der Waals surface area contributed by atoms with Gasteiger partial charge in [-0.2, -0.15) is 8.42 Å². The molecule has 0 amide bonds. The Balaban J connectivity index is -0.000000150. The van der Waals surface area contributed by atoms with E-state index >= 15 is 0 Å². The van der Waals surface area contributed by atoms with Gasteiger partial charge in [0, 0.05) is 33.1 Å². The molecule has 3 N–H and O–H groups in total. The largest absolute Gasteiger partial charge is 0.394 e. The van der Waals surface area contributed by atoms with Crippen LogP contribution in [0.5, 0.6) is 0 Å². The summed E-state index contributed by atoms with van der Waals surface area (Å²) in [4.78, 5) is 0. The standard InChI is InChI=1S/C6H15N.H2O4S.Pt/c1-5(2)7-6(3)4;1-5(2,3)4;/h5-7H,1-4H3;(H2,1,2,3,4);. The van der Waals surface area contributed by atoms with Gasteiger partial charge in [0.15, 0.2) is 0 Å². The predicted octanol–water partition coefficient (Wildman–Crippen LogP) is 0.738. The molecule has 0 heterocycles. The SMILES string of the molecule is CC(C)NC(C)C.O=S(=O)(O)O.[Pt]. The summed E-state index contributed by atoms with van der Waals surface area (Å²) in [5.74, 6) is 0. The molecule has 0 saturated carbocycles. The molecule has 13 heavy (non-hydrogen) atoms. The first-order chi connectivity index (χ1) is 5.13. The Morgan fingerprint density at radius 3 is 1.15 bits per heavy atom. The van der Waals surface area contributed by atoms with E-state index in [0.29, 0.717) is 12.1 Å². The summed E-state index contributed by atoms with van der Waals surface area (Å²) in [6.07, 6.45) is 0. The molecule has 86 valence electrons. The van der Waals surface area contributed by atoms with Crippen LogP contribution in [0.1, 0.15) is 27.7 Å². The van der Waals surface area contributed by atoms with E-state index in [-0.39, 0.29) is 21.1 Å². The van der Waals surface area contributed by atoms with Crippen molar-refractivity contribution in [3.63, 3.8) is 0 Å². The molecule has 7 heteroatoms. The average molecular weight is 394 g/mol. The zero-order valence-corrected chi connectivity index (χ0v) is 11.2. The van der Waals surface area contributed by atoms with Gasteiger partial charge in [-0.25, -0.2) is 0 Å². The van der Waals surface area contributed by atoms with Crippen molar-refractivity contribution < 1.29 is 38.6 Å². The van der Waals surface area contributed by atoms with Crippen molar-refractivity contribution in [2.45, 2.75) is 39.8 Å². The second-order valence-corrected chi connectivity index (χ2v) is 3.82. The van der Waals surface area contributed by atoms with E-state index in [9.17, 15) is 0 Å². The van der Waals surface area contributed by atoms with Gasteiger partial charge in [0.1, 0.15) is 0 Å². The Morgan fingerprint density at radius 1 is 1.00 bits per heavy atom. The van der Waals surface area contributed by atoms with Crippen LogP contribution in [0, 0.1) is 0 Å². The molecule has 0 bridgehead atoms. The summed E-state index contributed by atoms with van der Waals surface area (Å²) in [5.41, 5.74) is 0. The molecule has 0 spiro atoms. The maximum Gasteiger partial charge on any atom is 0.394 e. The van der Waals surface area contributed by atoms with Gasteiger partial charge >= 0.3 is 10.4 Å². The maximum absolute atomic E-state index is 8.74. The predicted molar refractivity (Wildman–Crippen MR) is 47.6 cm³/mol. The summed E-state index contributed by atoms with van der Waals surface area (Å²) in [7, 11) is -4.67. The summed E-state index contributed by atoms with van der Waals surface area (Å²) in [6, 6.07) is 1.25. The number of rotatable bonds is 2. The molecular formula is C6H17NO4PtS. The molecule has 5 nitrogen and oxygen atoms in total. The van der Waals surface area contributed by atoms with Crippen molar-refractivity contribution in [2.24, 2.45) is 0 Å². The van der Waals surface area contributed by atoms with Crippen LogP contribution in [-0.4, -0.2) is 29.6 Å². The first-order valence-corrected chi connectivity index (χ1v) is 4.98. The minimum atomic E-state index is -4.67. The third-order valence-electron chi connectivity index (χ3n) is 0.667. The van der Waals surface area contributed by atoms with Crippen molar-refractivity contribution in [3.8, 4) is 0 Å². The third-order valence-corrected chi connectivity index (χ3v) is 0.667. The second kappa shape index (κ2) is 9.09. The Morgan fingerprint density at radius 2 is 1.15 bits per heavy atom. The van der Waals surface area contributed by atoms with Gasteiger partial charge in [0.05, 0.1) is 0 Å². The van der Waals surface area contributed by atoms with Crippen molar-refractivity contribution in [1.29, 1.82) is 0 Å². The molecule has 0 fully saturated rings. The Bertz CT molecular complexity index is 177. The van der Waals surface area contributed by atoms with Crippen LogP contribution < -0.4 is 5.32 Å². The quantitative estimate of drug-likeness (QED) is 0.602. The molecule has 0 saturated heterocycles. The van der Waals surface area contributed by atoms with Crippen LogP contribution in [0.25, 0.3) is 0 Å². The Kier molecular flexibility index (Phi) is 13.4. The third kappa shape index (κ3) is 67.8. The maximum atomic E-state index is 8.74. The van der Waals surface area contributed by atoms with Crippen LogP contribution in [-0.2, 0) is 31.5 Å². The first-order valence-electron chi connectivity index (χ1n) is 3.59. The van der Waals surface area contributed by atoms with Crippen molar-refractivity contribution >= 4 is 10.4 Å². The van der Waals surface area contributed by atoms with E-state index in [1.165, 1.54) is 0 Å². The van der Waals surface area contributed by atoms with E-state index in [0.717, 1.165) is 0 Å². The van der Waals surface area contributed by atoms with Gasteiger partial charge in [0.25, 0.3) is 0 Å². The van der Waals surface area contributed by atoms with Gasteiger partial charge in [-0.3, -0.25) is 9.11 Å². The minimum absolute atomic E-state index is 0. The van der Waals surface area contributed by atoms with E-state index in [2.05, 4.69) is 33.0 Å². The first kappa shape index (κ1) is 19.1. The fraction of sp³-hybridized carbons (Fsp3) is 1.00. The molecule has 0 unspecified atom stereocenters. The summed E-state index contributed by atoms with van der Waals surface area (Å²) < 4.78 is 31.6. The molecule has 0 atom stereocenters. The zero-order chi connectivity index (χ0) is 10.4.